The first-order valence-electron chi connectivity index (χ1n) is 6.18. The molecule has 2 rings (SSSR count). The van der Waals surface area contributed by atoms with E-state index in [4.69, 9.17) is 17.0 Å². The van der Waals surface area contributed by atoms with Crippen LogP contribution in [0.25, 0.3) is 0 Å². The molecule has 0 spiro atoms. The van der Waals surface area contributed by atoms with Crippen LogP contribution in [0, 0.1) is 0 Å². The Bertz CT molecular complexity index is 428. The fourth-order valence-corrected chi connectivity index (χ4v) is 2.40. The Labute approximate surface area is 113 Å². The molecule has 18 heavy (non-hydrogen) atoms. The molecule has 1 saturated heterocycles. The van der Waals surface area contributed by atoms with E-state index < -0.39 is 0 Å². The van der Waals surface area contributed by atoms with Gasteiger partial charge >= 0.3 is 0 Å². The van der Waals surface area contributed by atoms with Crippen LogP contribution in [0.5, 0.6) is 5.75 Å². The van der Waals surface area contributed by atoms with E-state index in [-0.39, 0.29) is 5.66 Å². The first-order valence-corrected chi connectivity index (χ1v) is 6.59. The molecule has 0 unspecified atom stereocenters. The molecule has 0 radical (unpaired) electrons. The summed E-state index contributed by atoms with van der Waals surface area (Å²) in [5, 5.41) is 5.99. The lowest BCUT2D eigenvalue weighted by atomic mass is 10.1. The van der Waals surface area contributed by atoms with Gasteiger partial charge in [0.25, 0.3) is 0 Å². The van der Waals surface area contributed by atoms with Crippen molar-refractivity contribution in [2.24, 2.45) is 0 Å². The van der Waals surface area contributed by atoms with Crippen molar-refractivity contribution < 1.29 is 4.74 Å². The van der Waals surface area contributed by atoms with Crippen molar-refractivity contribution in [3.8, 4) is 5.75 Å². The lowest BCUT2D eigenvalue weighted by molar-refractivity contribution is 0.315. The van der Waals surface area contributed by atoms with E-state index in [2.05, 4.69) is 24.6 Å². The maximum Gasteiger partial charge on any atom is 0.189 e. The van der Waals surface area contributed by atoms with Crippen LogP contribution >= 0.6 is 12.2 Å². The molecule has 4 nitrogen and oxygen atoms in total. The van der Waals surface area contributed by atoms with Gasteiger partial charge in [-0.1, -0.05) is 13.8 Å². The highest BCUT2D eigenvalue weighted by atomic mass is 32.1. The van der Waals surface area contributed by atoms with Gasteiger partial charge in [0.15, 0.2) is 5.11 Å². The zero-order valence-corrected chi connectivity index (χ0v) is 11.8. The van der Waals surface area contributed by atoms with Crippen LogP contribution in [0.1, 0.15) is 26.7 Å². The summed E-state index contributed by atoms with van der Waals surface area (Å²) in [7, 11) is 1.66. The number of anilines is 1. The minimum absolute atomic E-state index is 0.128. The fourth-order valence-electron chi connectivity index (χ4n) is 2.05. The molecular formula is C13H19N3OS. The predicted octanol–water partition coefficient (Wildman–Crippen LogP) is 2.41. The second kappa shape index (κ2) is 5.12. The summed E-state index contributed by atoms with van der Waals surface area (Å²) in [6.45, 7) is 4.28. The van der Waals surface area contributed by atoms with Gasteiger partial charge in [0.1, 0.15) is 11.4 Å². The van der Waals surface area contributed by atoms with Gasteiger partial charge in [-0.2, -0.15) is 0 Å². The van der Waals surface area contributed by atoms with E-state index in [1.165, 1.54) is 0 Å². The number of benzene rings is 1. The smallest absolute Gasteiger partial charge is 0.189 e. The third-order valence-electron chi connectivity index (χ3n) is 3.41. The average molecular weight is 265 g/mol. The molecule has 1 heterocycles. The predicted molar refractivity (Wildman–Crippen MR) is 77.7 cm³/mol. The molecule has 0 atom stereocenters. The van der Waals surface area contributed by atoms with Crippen LogP contribution < -0.4 is 20.5 Å². The number of ether oxygens (including phenoxy) is 1. The highest BCUT2D eigenvalue weighted by molar-refractivity contribution is 7.80. The van der Waals surface area contributed by atoms with E-state index in [0.717, 1.165) is 24.3 Å². The molecule has 98 valence electrons. The molecule has 1 aromatic rings. The maximum absolute atomic E-state index is 5.39. The Balaban J connectivity index is 2.21. The molecule has 1 aliphatic heterocycles. The summed E-state index contributed by atoms with van der Waals surface area (Å²) < 4.78 is 5.15. The summed E-state index contributed by atoms with van der Waals surface area (Å²) in [5.41, 5.74) is 4.33. The second-order valence-corrected chi connectivity index (χ2v) is 4.75. The van der Waals surface area contributed by atoms with Gasteiger partial charge in [0, 0.05) is 0 Å². The molecule has 5 heteroatoms. The minimum Gasteiger partial charge on any atom is -0.497 e. The number of hydrogen-bond donors (Lipinski definition) is 2. The Morgan fingerprint density at radius 3 is 2.28 bits per heavy atom. The van der Waals surface area contributed by atoms with E-state index >= 15 is 0 Å². The maximum atomic E-state index is 5.39. The van der Waals surface area contributed by atoms with Crippen LogP contribution in [-0.2, 0) is 0 Å². The molecular weight excluding hydrogens is 246 g/mol. The summed E-state index contributed by atoms with van der Waals surface area (Å²) in [4.78, 5) is 0. The topological polar surface area (TPSA) is 36.5 Å². The van der Waals surface area contributed by atoms with Gasteiger partial charge in [-0.25, -0.2) is 5.43 Å². The highest BCUT2D eigenvalue weighted by Crippen LogP contribution is 2.25. The summed E-state index contributed by atoms with van der Waals surface area (Å²) >= 11 is 5.39. The number of hydrazine groups is 1. The molecule has 0 aromatic heterocycles. The molecule has 0 saturated carbocycles. The normalized spacial score (nSPS) is 17.7. The zero-order chi connectivity index (χ0) is 13.2. The molecule has 0 aliphatic carbocycles. The number of rotatable bonds is 4. The van der Waals surface area contributed by atoms with Crippen LogP contribution in [0.15, 0.2) is 24.3 Å². The van der Waals surface area contributed by atoms with E-state index in [0.29, 0.717) is 5.11 Å². The van der Waals surface area contributed by atoms with E-state index in [1.54, 1.807) is 7.11 Å². The zero-order valence-electron chi connectivity index (χ0n) is 11.0. The van der Waals surface area contributed by atoms with Crippen molar-refractivity contribution >= 4 is 23.0 Å². The van der Waals surface area contributed by atoms with Gasteiger partial charge in [-0.3, -0.25) is 5.01 Å². The Morgan fingerprint density at radius 1 is 1.22 bits per heavy atom. The monoisotopic (exact) mass is 265 g/mol. The van der Waals surface area contributed by atoms with Gasteiger partial charge < -0.3 is 10.1 Å². The number of hydrogen-bond acceptors (Lipinski definition) is 3. The minimum atomic E-state index is -0.128. The van der Waals surface area contributed by atoms with Gasteiger partial charge in [-0.05, 0) is 49.3 Å². The second-order valence-electron chi connectivity index (χ2n) is 4.36. The summed E-state index contributed by atoms with van der Waals surface area (Å²) in [6.07, 6.45) is 1.94. The summed E-state index contributed by atoms with van der Waals surface area (Å²) in [6, 6.07) is 7.83. The number of thiocarbonyl (C=S) groups is 1. The first-order chi connectivity index (χ1) is 8.64. The Hall–Kier alpha value is -1.33. The van der Waals surface area contributed by atoms with Gasteiger partial charge in [-0.15, -0.1) is 0 Å². The molecule has 2 N–H and O–H groups in total. The standard InChI is InChI=1S/C13H19N3OS/c1-4-13(5-2)14-12(18)16(15-13)10-6-8-11(17-3)9-7-10/h6-9,15H,4-5H2,1-3H3,(H,14,18). The Kier molecular flexibility index (Phi) is 3.73. The van der Waals surface area contributed by atoms with Crippen LogP contribution in [0.2, 0.25) is 0 Å². The van der Waals surface area contributed by atoms with Crippen LogP contribution in [0.4, 0.5) is 5.69 Å². The van der Waals surface area contributed by atoms with Gasteiger partial charge in [0.05, 0.1) is 12.8 Å². The molecule has 1 aromatic carbocycles. The third kappa shape index (κ3) is 2.28. The Morgan fingerprint density at radius 2 is 1.83 bits per heavy atom. The van der Waals surface area contributed by atoms with Crippen molar-refractivity contribution in [2.75, 3.05) is 12.1 Å². The van der Waals surface area contributed by atoms with Crippen LogP contribution in [-0.4, -0.2) is 17.9 Å². The molecule has 1 fully saturated rings. The SMILES string of the molecule is CCC1(CC)NC(=S)N(c2ccc(OC)cc2)N1. The average Bonchev–Trinajstić information content (AvgIpc) is 2.77. The van der Waals surface area contributed by atoms with Crippen molar-refractivity contribution in [1.29, 1.82) is 0 Å². The number of nitrogens with zero attached hydrogens (tertiary/aromatic N) is 1. The number of nitrogens with one attached hydrogen (secondary N) is 2. The van der Waals surface area contributed by atoms with Crippen molar-refractivity contribution in [1.82, 2.24) is 10.7 Å². The quantitative estimate of drug-likeness (QED) is 0.818. The van der Waals surface area contributed by atoms with Crippen molar-refractivity contribution in [3.63, 3.8) is 0 Å². The molecule has 1 aliphatic rings. The fraction of sp³-hybridized carbons (Fsp3) is 0.462. The van der Waals surface area contributed by atoms with Crippen LogP contribution in [0.3, 0.4) is 0 Å². The lowest BCUT2D eigenvalue weighted by Gasteiger charge is -2.27. The lowest BCUT2D eigenvalue weighted by Crippen LogP contribution is -2.50. The largest absolute Gasteiger partial charge is 0.497 e. The van der Waals surface area contributed by atoms with E-state index in [1.807, 2.05) is 29.3 Å². The number of methoxy groups -OCH3 is 1. The van der Waals surface area contributed by atoms with Gasteiger partial charge in [0.2, 0.25) is 0 Å². The molecule has 0 amide bonds. The highest BCUT2D eigenvalue weighted by Gasteiger charge is 2.37. The summed E-state index contributed by atoms with van der Waals surface area (Å²) in [5.74, 6) is 0.842. The third-order valence-corrected chi connectivity index (χ3v) is 3.70. The van der Waals surface area contributed by atoms with Crippen molar-refractivity contribution in [3.05, 3.63) is 24.3 Å². The van der Waals surface area contributed by atoms with Crippen molar-refractivity contribution in [2.45, 2.75) is 32.4 Å². The van der Waals surface area contributed by atoms with E-state index in [9.17, 15) is 0 Å². The first kappa shape index (κ1) is 13.1. The molecule has 0 bridgehead atoms.